The van der Waals surface area contributed by atoms with E-state index in [1.807, 2.05) is 18.2 Å². The lowest BCUT2D eigenvalue weighted by Crippen LogP contribution is -2.48. The van der Waals surface area contributed by atoms with Crippen molar-refractivity contribution in [1.29, 1.82) is 0 Å². The summed E-state index contributed by atoms with van der Waals surface area (Å²) >= 11 is 5.74. The third-order valence-electron chi connectivity index (χ3n) is 5.17. The molecule has 0 bridgehead atoms. The number of nitrogens with one attached hydrogen (secondary N) is 2. The predicted octanol–water partition coefficient (Wildman–Crippen LogP) is 4.22. The SMILES string of the molecule is CC(C)[C@H](NC(=S)[C@@H]1CCCN1)C(c1ccccc1)c1ccc(O)cc1. The summed E-state index contributed by atoms with van der Waals surface area (Å²) in [6.07, 6.45) is 2.28. The Bertz CT molecular complexity index is 709. The third kappa shape index (κ3) is 4.43. The molecule has 2 aromatic rings. The van der Waals surface area contributed by atoms with Gasteiger partial charge in [0.1, 0.15) is 5.75 Å². The molecule has 3 rings (SSSR count). The molecule has 2 aromatic carbocycles. The summed E-state index contributed by atoms with van der Waals surface area (Å²) in [7, 11) is 0. The molecule has 1 unspecified atom stereocenters. The van der Waals surface area contributed by atoms with E-state index in [1.165, 1.54) is 17.5 Å². The van der Waals surface area contributed by atoms with Crippen LogP contribution in [0.3, 0.4) is 0 Å². The van der Waals surface area contributed by atoms with Gasteiger partial charge in [-0.05, 0) is 48.6 Å². The zero-order chi connectivity index (χ0) is 18.5. The number of phenols is 1. The highest BCUT2D eigenvalue weighted by atomic mass is 32.1. The molecule has 1 fully saturated rings. The number of hydrogen-bond donors (Lipinski definition) is 3. The van der Waals surface area contributed by atoms with Crippen LogP contribution in [-0.4, -0.2) is 28.7 Å². The molecule has 3 atom stereocenters. The summed E-state index contributed by atoms with van der Waals surface area (Å²) in [6, 6.07) is 18.6. The van der Waals surface area contributed by atoms with E-state index in [0.29, 0.717) is 11.7 Å². The van der Waals surface area contributed by atoms with Gasteiger partial charge >= 0.3 is 0 Å². The quantitative estimate of drug-likeness (QED) is 0.668. The van der Waals surface area contributed by atoms with Gasteiger partial charge in [0.15, 0.2) is 0 Å². The van der Waals surface area contributed by atoms with Crippen LogP contribution in [-0.2, 0) is 0 Å². The van der Waals surface area contributed by atoms with Crippen LogP contribution < -0.4 is 10.6 Å². The Hall–Kier alpha value is -1.91. The predicted molar refractivity (Wildman–Crippen MR) is 112 cm³/mol. The minimum absolute atomic E-state index is 0.163. The molecule has 0 aromatic heterocycles. The van der Waals surface area contributed by atoms with Crippen molar-refractivity contribution in [2.45, 2.75) is 44.7 Å². The number of thiocarbonyl (C=S) groups is 1. The second kappa shape index (κ2) is 8.65. The topological polar surface area (TPSA) is 44.3 Å². The molecule has 1 saturated heterocycles. The lowest BCUT2D eigenvalue weighted by molar-refractivity contribution is 0.410. The van der Waals surface area contributed by atoms with E-state index >= 15 is 0 Å². The van der Waals surface area contributed by atoms with Gasteiger partial charge in [-0.3, -0.25) is 0 Å². The molecule has 3 nitrogen and oxygen atoms in total. The number of phenolic OH excluding ortho intramolecular Hbond substituents is 1. The van der Waals surface area contributed by atoms with Crippen LogP contribution in [0, 0.1) is 5.92 Å². The summed E-state index contributed by atoms with van der Waals surface area (Å²) in [5.74, 6) is 0.852. The maximum Gasteiger partial charge on any atom is 0.115 e. The Labute approximate surface area is 161 Å². The van der Waals surface area contributed by atoms with Crippen LogP contribution in [0.2, 0.25) is 0 Å². The van der Waals surface area contributed by atoms with Crippen LogP contribution in [0.1, 0.15) is 43.7 Å². The van der Waals surface area contributed by atoms with Gasteiger partial charge in [-0.1, -0.05) is 68.5 Å². The molecule has 0 saturated carbocycles. The number of rotatable bonds is 6. The highest BCUT2D eigenvalue weighted by molar-refractivity contribution is 7.80. The van der Waals surface area contributed by atoms with Crippen molar-refractivity contribution in [1.82, 2.24) is 10.6 Å². The van der Waals surface area contributed by atoms with Crippen molar-refractivity contribution < 1.29 is 5.11 Å². The van der Waals surface area contributed by atoms with E-state index in [9.17, 15) is 5.11 Å². The fourth-order valence-corrected chi connectivity index (χ4v) is 4.09. The molecule has 0 spiro atoms. The van der Waals surface area contributed by atoms with E-state index in [1.54, 1.807) is 12.1 Å². The Morgan fingerprint density at radius 2 is 1.73 bits per heavy atom. The average molecular weight is 369 g/mol. The van der Waals surface area contributed by atoms with Gasteiger partial charge in [-0.15, -0.1) is 0 Å². The summed E-state index contributed by atoms with van der Waals surface area (Å²) in [6.45, 7) is 5.51. The minimum atomic E-state index is 0.163. The second-order valence-electron chi connectivity index (χ2n) is 7.41. The second-order valence-corrected chi connectivity index (χ2v) is 7.85. The zero-order valence-electron chi connectivity index (χ0n) is 15.5. The van der Waals surface area contributed by atoms with Crippen LogP contribution in [0.5, 0.6) is 5.75 Å². The van der Waals surface area contributed by atoms with Crippen molar-refractivity contribution in [2.75, 3.05) is 6.54 Å². The Balaban J connectivity index is 1.93. The van der Waals surface area contributed by atoms with Crippen molar-refractivity contribution in [3.05, 3.63) is 65.7 Å². The van der Waals surface area contributed by atoms with E-state index in [0.717, 1.165) is 18.0 Å². The largest absolute Gasteiger partial charge is 0.508 e. The van der Waals surface area contributed by atoms with E-state index in [2.05, 4.69) is 48.7 Å². The Morgan fingerprint density at radius 3 is 2.31 bits per heavy atom. The molecule has 3 N–H and O–H groups in total. The van der Waals surface area contributed by atoms with Gasteiger partial charge in [-0.2, -0.15) is 0 Å². The molecule has 0 aliphatic carbocycles. The van der Waals surface area contributed by atoms with Gasteiger partial charge in [0, 0.05) is 12.0 Å². The molecule has 0 amide bonds. The van der Waals surface area contributed by atoms with Crippen LogP contribution >= 0.6 is 12.2 Å². The number of aromatic hydroxyl groups is 1. The first kappa shape index (κ1) is 18.9. The Morgan fingerprint density at radius 1 is 1.08 bits per heavy atom. The fraction of sp³-hybridized carbons (Fsp3) is 0.409. The Kier molecular flexibility index (Phi) is 6.28. The molecule has 1 aliphatic rings. The summed E-state index contributed by atoms with van der Waals surface area (Å²) < 4.78 is 0. The first-order valence-electron chi connectivity index (χ1n) is 9.44. The van der Waals surface area contributed by atoms with E-state index < -0.39 is 0 Å². The molecule has 1 heterocycles. The molecule has 26 heavy (non-hydrogen) atoms. The molecular formula is C22H28N2OS. The first-order valence-corrected chi connectivity index (χ1v) is 9.84. The first-order chi connectivity index (χ1) is 12.6. The van der Waals surface area contributed by atoms with Gasteiger partial charge in [0.05, 0.1) is 11.0 Å². The monoisotopic (exact) mass is 368 g/mol. The fourth-order valence-electron chi connectivity index (χ4n) is 3.76. The zero-order valence-corrected chi connectivity index (χ0v) is 16.3. The standard InChI is InChI=1S/C22H28N2OS/c1-15(2)21(24-22(26)19-9-6-14-23-19)20(16-7-4-3-5-8-16)17-10-12-18(25)13-11-17/h3-5,7-8,10-13,15,19-21,23,25H,6,9,14H2,1-2H3,(H,24,26)/t19-,20?,21-/m0/s1. The van der Waals surface area contributed by atoms with E-state index in [-0.39, 0.29) is 18.0 Å². The van der Waals surface area contributed by atoms with Gasteiger partial charge in [0.2, 0.25) is 0 Å². The van der Waals surface area contributed by atoms with Crippen LogP contribution in [0.15, 0.2) is 54.6 Å². The highest BCUT2D eigenvalue weighted by Crippen LogP contribution is 2.32. The van der Waals surface area contributed by atoms with Crippen molar-refractivity contribution in [3.8, 4) is 5.75 Å². The highest BCUT2D eigenvalue weighted by Gasteiger charge is 2.30. The normalized spacial score (nSPS) is 19.3. The molecular weight excluding hydrogens is 340 g/mol. The van der Waals surface area contributed by atoms with Gasteiger partial charge in [-0.25, -0.2) is 0 Å². The van der Waals surface area contributed by atoms with Crippen molar-refractivity contribution >= 4 is 17.2 Å². The summed E-state index contributed by atoms with van der Waals surface area (Å²) in [4.78, 5) is 0.918. The van der Waals surface area contributed by atoms with Gasteiger partial charge < -0.3 is 15.7 Å². The molecule has 1 aliphatic heterocycles. The van der Waals surface area contributed by atoms with Crippen LogP contribution in [0.4, 0.5) is 0 Å². The summed E-state index contributed by atoms with van der Waals surface area (Å²) in [5, 5.41) is 16.9. The average Bonchev–Trinajstić information content (AvgIpc) is 3.18. The number of benzene rings is 2. The minimum Gasteiger partial charge on any atom is -0.508 e. The molecule has 4 heteroatoms. The lowest BCUT2D eigenvalue weighted by Gasteiger charge is -2.34. The molecule has 138 valence electrons. The van der Waals surface area contributed by atoms with Gasteiger partial charge in [0.25, 0.3) is 0 Å². The van der Waals surface area contributed by atoms with Crippen molar-refractivity contribution in [2.24, 2.45) is 5.92 Å². The maximum atomic E-state index is 9.70. The maximum absolute atomic E-state index is 9.70. The number of hydrogen-bond acceptors (Lipinski definition) is 3. The summed E-state index contributed by atoms with van der Waals surface area (Å²) in [5.41, 5.74) is 2.44. The van der Waals surface area contributed by atoms with E-state index in [4.69, 9.17) is 12.2 Å². The third-order valence-corrected chi connectivity index (χ3v) is 5.58. The smallest absolute Gasteiger partial charge is 0.115 e. The lowest BCUT2D eigenvalue weighted by atomic mass is 9.80. The van der Waals surface area contributed by atoms with Crippen LogP contribution in [0.25, 0.3) is 0 Å². The molecule has 0 radical (unpaired) electrons. The van der Waals surface area contributed by atoms with Crippen molar-refractivity contribution in [3.63, 3.8) is 0 Å².